The van der Waals surface area contributed by atoms with Gasteiger partial charge in [-0.05, 0) is 25.0 Å². The van der Waals surface area contributed by atoms with Crippen LogP contribution in [0.15, 0.2) is 48.7 Å². The highest BCUT2D eigenvalue weighted by Gasteiger charge is 2.24. The number of aliphatic hydroxyl groups excluding tert-OH is 1. The quantitative estimate of drug-likeness (QED) is 0.758. The minimum atomic E-state index is -0.269. The molecule has 2 aromatic rings. The molecule has 3 rings (SSSR count). The first kappa shape index (κ1) is 17.2. The van der Waals surface area contributed by atoms with E-state index >= 15 is 0 Å². The molecule has 6 heteroatoms. The molecule has 6 nitrogen and oxygen atoms in total. The zero-order valence-electron chi connectivity index (χ0n) is 14.3. The van der Waals surface area contributed by atoms with Gasteiger partial charge >= 0.3 is 0 Å². The number of carbonyl (C=O) groups excluding carboxylic acids is 1. The Balaban J connectivity index is 1.79. The van der Waals surface area contributed by atoms with E-state index < -0.39 is 0 Å². The van der Waals surface area contributed by atoms with Gasteiger partial charge in [-0.2, -0.15) is 5.10 Å². The van der Waals surface area contributed by atoms with Crippen LogP contribution in [0.4, 0.5) is 0 Å². The van der Waals surface area contributed by atoms with Gasteiger partial charge in [0.05, 0.1) is 18.5 Å². The second-order valence-electron chi connectivity index (χ2n) is 6.11. The van der Waals surface area contributed by atoms with Crippen LogP contribution in [0, 0.1) is 5.92 Å². The van der Waals surface area contributed by atoms with Crippen molar-refractivity contribution in [1.29, 1.82) is 0 Å². The summed E-state index contributed by atoms with van der Waals surface area (Å²) in [5.74, 6) is 0.306. The number of nitrogens with zero attached hydrogens (tertiary/aromatic N) is 2. The van der Waals surface area contributed by atoms with Gasteiger partial charge in [0.1, 0.15) is 0 Å². The molecule has 0 aliphatic heterocycles. The Morgan fingerprint density at radius 3 is 2.84 bits per heavy atom. The Hall–Kier alpha value is -2.60. The maximum Gasteiger partial charge on any atom is 0.276 e. The number of para-hydroxylation sites is 1. The molecule has 25 heavy (non-hydrogen) atoms. The lowest BCUT2D eigenvalue weighted by molar-refractivity contribution is 0.0931. The van der Waals surface area contributed by atoms with Crippen LogP contribution in [0.3, 0.4) is 0 Å². The Morgan fingerprint density at radius 2 is 2.16 bits per heavy atom. The van der Waals surface area contributed by atoms with Gasteiger partial charge in [-0.15, -0.1) is 0 Å². The third-order valence-electron chi connectivity index (χ3n) is 4.10. The molecule has 1 heterocycles. The highest BCUT2D eigenvalue weighted by atomic mass is 16.5. The SMILES string of the molecule is CCCOc1cn(-c2ccccc2)nc1C(=O)N[C@@H]1C=C[C@H](CO)C1. The molecule has 0 radical (unpaired) electrons. The van der Waals surface area contributed by atoms with Crippen LogP contribution in [0.25, 0.3) is 5.69 Å². The molecule has 0 unspecified atom stereocenters. The van der Waals surface area contributed by atoms with E-state index in [2.05, 4.69) is 10.4 Å². The van der Waals surface area contributed by atoms with Crippen molar-refractivity contribution >= 4 is 5.91 Å². The summed E-state index contributed by atoms with van der Waals surface area (Å²) in [6.45, 7) is 2.63. The predicted octanol–water partition coefficient (Wildman–Crippen LogP) is 2.33. The van der Waals surface area contributed by atoms with Crippen LogP contribution in [0.5, 0.6) is 5.75 Å². The number of carbonyl (C=O) groups is 1. The normalized spacial score (nSPS) is 19.1. The zero-order valence-corrected chi connectivity index (χ0v) is 14.3. The lowest BCUT2D eigenvalue weighted by Gasteiger charge is -2.12. The molecule has 1 aromatic heterocycles. The van der Waals surface area contributed by atoms with Gasteiger partial charge in [-0.3, -0.25) is 4.79 Å². The maximum absolute atomic E-state index is 12.7. The summed E-state index contributed by atoms with van der Waals surface area (Å²) in [6, 6.07) is 9.52. The van der Waals surface area contributed by atoms with Crippen molar-refractivity contribution in [3.05, 3.63) is 54.4 Å². The molecule has 2 atom stereocenters. The van der Waals surface area contributed by atoms with Crippen molar-refractivity contribution in [3.8, 4) is 11.4 Å². The largest absolute Gasteiger partial charge is 0.489 e. The number of nitrogens with one attached hydrogen (secondary N) is 1. The van der Waals surface area contributed by atoms with Crippen LogP contribution in [-0.2, 0) is 0 Å². The molecule has 0 saturated heterocycles. The molecule has 0 fully saturated rings. The lowest BCUT2D eigenvalue weighted by atomic mass is 10.1. The van der Waals surface area contributed by atoms with Gasteiger partial charge in [0.15, 0.2) is 11.4 Å². The minimum absolute atomic E-state index is 0.0921. The summed E-state index contributed by atoms with van der Waals surface area (Å²) in [5, 5.41) is 16.6. The molecule has 0 spiro atoms. The predicted molar refractivity (Wildman–Crippen MR) is 94.9 cm³/mol. The van der Waals surface area contributed by atoms with E-state index in [1.165, 1.54) is 0 Å². The number of ether oxygens (including phenoxy) is 1. The van der Waals surface area contributed by atoms with Gasteiger partial charge in [-0.25, -0.2) is 4.68 Å². The molecular formula is C19H23N3O3. The van der Waals surface area contributed by atoms with Crippen molar-refractivity contribution < 1.29 is 14.6 Å². The van der Waals surface area contributed by atoms with Crippen molar-refractivity contribution in [3.63, 3.8) is 0 Å². The fourth-order valence-electron chi connectivity index (χ4n) is 2.80. The molecule has 1 amide bonds. The Bertz CT molecular complexity index is 740. The number of rotatable bonds is 7. The first-order valence-corrected chi connectivity index (χ1v) is 8.59. The molecule has 1 aromatic carbocycles. The van der Waals surface area contributed by atoms with E-state index in [4.69, 9.17) is 4.74 Å². The summed E-state index contributed by atoms with van der Waals surface area (Å²) < 4.78 is 7.37. The summed E-state index contributed by atoms with van der Waals surface area (Å²) in [4.78, 5) is 12.7. The number of aromatic nitrogens is 2. The topological polar surface area (TPSA) is 76.4 Å². The summed E-state index contributed by atoms with van der Waals surface area (Å²) >= 11 is 0. The van der Waals surface area contributed by atoms with E-state index in [1.807, 2.05) is 49.4 Å². The van der Waals surface area contributed by atoms with Gasteiger partial charge < -0.3 is 15.2 Å². The summed E-state index contributed by atoms with van der Waals surface area (Å²) in [7, 11) is 0. The van der Waals surface area contributed by atoms with Crippen molar-refractivity contribution in [2.75, 3.05) is 13.2 Å². The Kier molecular flexibility index (Phi) is 5.50. The molecule has 0 saturated carbocycles. The smallest absolute Gasteiger partial charge is 0.276 e. The third-order valence-corrected chi connectivity index (χ3v) is 4.10. The first-order chi connectivity index (χ1) is 12.2. The molecule has 1 aliphatic carbocycles. The van der Waals surface area contributed by atoms with Gasteiger partial charge in [0, 0.05) is 18.6 Å². The fraction of sp³-hybridized carbons (Fsp3) is 0.368. The van der Waals surface area contributed by atoms with Gasteiger partial charge in [0.2, 0.25) is 0 Å². The van der Waals surface area contributed by atoms with Crippen LogP contribution in [0.2, 0.25) is 0 Å². The molecular weight excluding hydrogens is 318 g/mol. The molecule has 132 valence electrons. The number of amides is 1. The maximum atomic E-state index is 12.7. The monoisotopic (exact) mass is 341 g/mol. The molecule has 0 bridgehead atoms. The minimum Gasteiger partial charge on any atom is -0.489 e. The second-order valence-corrected chi connectivity index (χ2v) is 6.11. The van der Waals surface area contributed by atoms with Crippen LogP contribution >= 0.6 is 0 Å². The second kappa shape index (κ2) is 7.98. The third kappa shape index (κ3) is 4.09. The zero-order chi connectivity index (χ0) is 17.6. The van der Waals surface area contributed by atoms with Crippen molar-refractivity contribution in [2.24, 2.45) is 5.92 Å². The summed E-state index contributed by atoms with van der Waals surface area (Å²) in [5.41, 5.74) is 1.14. The standard InChI is InChI=1S/C19H23N3O3/c1-2-10-25-17-12-22(16-6-4-3-5-7-16)21-18(17)19(24)20-15-9-8-14(11-15)13-23/h3-9,12,14-15,23H,2,10-11,13H2,1H3,(H,20,24)/t14-,15+/m0/s1. The van der Waals surface area contributed by atoms with Crippen LogP contribution < -0.4 is 10.1 Å². The van der Waals surface area contributed by atoms with Crippen molar-refractivity contribution in [1.82, 2.24) is 15.1 Å². The van der Waals surface area contributed by atoms with E-state index in [-0.39, 0.29) is 30.2 Å². The van der Waals surface area contributed by atoms with E-state index in [0.29, 0.717) is 18.8 Å². The first-order valence-electron chi connectivity index (χ1n) is 8.59. The van der Waals surface area contributed by atoms with Crippen molar-refractivity contribution in [2.45, 2.75) is 25.8 Å². The highest BCUT2D eigenvalue weighted by molar-refractivity contribution is 5.95. The average molecular weight is 341 g/mol. The number of hydrogen-bond donors (Lipinski definition) is 2. The van der Waals surface area contributed by atoms with E-state index in [1.54, 1.807) is 10.9 Å². The average Bonchev–Trinajstić information content (AvgIpc) is 3.27. The van der Waals surface area contributed by atoms with E-state index in [9.17, 15) is 9.90 Å². The molecule has 2 N–H and O–H groups in total. The van der Waals surface area contributed by atoms with Gasteiger partial charge in [-0.1, -0.05) is 37.3 Å². The summed E-state index contributed by atoms with van der Waals surface area (Å²) in [6.07, 6.45) is 7.14. The fourth-order valence-corrected chi connectivity index (χ4v) is 2.80. The van der Waals surface area contributed by atoms with Crippen LogP contribution in [-0.4, -0.2) is 40.0 Å². The van der Waals surface area contributed by atoms with Gasteiger partial charge in [0.25, 0.3) is 5.91 Å². The highest BCUT2D eigenvalue weighted by Crippen LogP contribution is 2.22. The lowest BCUT2D eigenvalue weighted by Crippen LogP contribution is -2.33. The van der Waals surface area contributed by atoms with Crippen LogP contribution in [0.1, 0.15) is 30.3 Å². The Morgan fingerprint density at radius 1 is 1.36 bits per heavy atom. The number of aliphatic hydroxyl groups is 1. The van der Waals surface area contributed by atoms with E-state index in [0.717, 1.165) is 12.1 Å². The Labute approximate surface area is 147 Å². The number of hydrogen-bond acceptors (Lipinski definition) is 4. The number of benzene rings is 1. The molecule has 1 aliphatic rings.